The van der Waals surface area contributed by atoms with Crippen molar-refractivity contribution in [3.8, 4) is 28.3 Å². The molecule has 0 spiro atoms. The molecule has 3 aromatic rings. The third-order valence-corrected chi connectivity index (χ3v) is 7.16. The van der Waals surface area contributed by atoms with Crippen molar-refractivity contribution in [2.24, 2.45) is 0 Å². The molecular weight excluding hydrogens is 513 g/mol. The Balaban J connectivity index is 1.68. The first-order valence-corrected chi connectivity index (χ1v) is 12.6. The van der Waals surface area contributed by atoms with Gasteiger partial charge in [0, 0.05) is 56.1 Å². The normalized spacial score (nSPS) is 16.6. The van der Waals surface area contributed by atoms with Crippen LogP contribution in [-0.2, 0) is 17.4 Å². The Kier molecular flexibility index (Phi) is 6.92. The maximum atomic E-state index is 14.3. The first-order valence-electron chi connectivity index (χ1n) is 12.6. The predicted molar refractivity (Wildman–Crippen MR) is 142 cm³/mol. The minimum absolute atomic E-state index is 0.102. The molecule has 39 heavy (non-hydrogen) atoms. The van der Waals surface area contributed by atoms with Gasteiger partial charge in [-0.2, -0.15) is 13.2 Å². The van der Waals surface area contributed by atoms with Gasteiger partial charge in [0.05, 0.1) is 25.5 Å². The summed E-state index contributed by atoms with van der Waals surface area (Å²) in [7, 11) is 3.03. The molecule has 1 aromatic heterocycles. The zero-order chi connectivity index (χ0) is 27.9. The van der Waals surface area contributed by atoms with Gasteiger partial charge >= 0.3 is 6.18 Å². The van der Waals surface area contributed by atoms with Gasteiger partial charge in [-0.1, -0.05) is 0 Å². The van der Waals surface area contributed by atoms with E-state index >= 15 is 0 Å². The average Bonchev–Trinajstić information content (AvgIpc) is 3.58. The lowest BCUT2D eigenvalue weighted by Gasteiger charge is -2.23. The van der Waals surface area contributed by atoms with E-state index in [1.807, 2.05) is 4.90 Å². The maximum absolute atomic E-state index is 14.3. The third-order valence-electron chi connectivity index (χ3n) is 7.16. The smallest absolute Gasteiger partial charge is 0.418 e. The van der Waals surface area contributed by atoms with E-state index in [9.17, 15) is 22.8 Å². The Morgan fingerprint density at radius 1 is 1.10 bits per heavy atom. The molecule has 1 saturated heterocycles. The van der Waals surface area contributed by atoms with E-state index in [-0.39, 0.29) is 23.3 Å². The summed E-state index contributed by atoms with van der Waals surface area (Å²) >= 11 is 0. The van der Waals surface area contributed by atoms with Gasteiger partial charge in [0.2, 0.25) is 5.91 Å². The van der Waals surface area contributed by atoms with E-state index in [0.29, 0.717) is 60.8 Å². The first kappa shape index (κ1) is 26.5. The summed E-state index contributed by atoms with van der Waals surface area (Å²) in [6.07, 6.45) is -2.01. The average molecular weight is 543 g/mol. The number of hydrogen-bond acceptors (Lipinski definition) is 6. The highest BCUT2D eigenvalue weighted by molar-refractivity contribution is 5.77. The number of ether oxygens (including phenoxy) is 2. The quantitative estimate of drug-likeness (QED) is 0.485. The maximum Gasteiger partial charge on any atom is 0.418 e. The van der Waals surface area contributed by atoms with Crippen LogP contribution in [-0.4, -0.2) is 50.4 Å². The second kappa shape index (κ2) is 10.2. The Bertz CT molecular complexity index is 1460. The van der Waals surface area contributed by atoms with Crippen LogP contribution in [0, 0.1) is 0 Å². The van der Waals surface area contributed by atoms with Crippen molar-refractivity contribution >= 4 is 17.3 Å². The standard InChI is InChI=1S/C28H29F3N4O4/c1-16(36)33-18-7-9-34(14-18)19-4-5-24(28(29,30)31)25(12-19)35-15-23(22-6-8-32-26(22)27(35)37)17-10-20(38-2)13-21(11-17)39-3/h4-5,10-13,15,18,32H,6-9,14H2,1-3H3,(H,33,36). The van der Waals surface area contributed by atoms with Crippen molar-refractivity contribution < 1.29 is 27.4 Å². The summed E-state index contributed by atoms with van der Waals surface area (Å²) in [6.45, 7) is 2.95. The lowest BCUT2D eigenvalue weighted by Crippen LogP contribution is -2.35. The van der Waals surface area contributed by atoms with Crippen LogP contribution in [0.15, 0.2) is 47.4 Å². The molecule has 1 unspecified atom stereocenters. The van der Waals surface area contributed by atoms with E-state index in [1.165, 1.54) is 39.5 Å². The number of nitrogens with one attached hydrogen (secondary N) is 2. The fraction of sp³-hybridized carbons (Fsp3) is 0.357. The number of fused-ring (bicyclic) bond motifs is 1. The van der Waals surface area contributed by atoms with Crippen LogP contribution in [0.5, 0.6) is 11.5 Å². The zero-order valence-electron chi connectivity index (χ0n) is 21.8. The largest absolute Gasteiger partial charge is 0.497 e. The van der Waals surface area contributed by atoms with Gasteiger partial charge in [-0.05, 0) is 54.3 Å². The van der Waals surface area contributed by atoms with Gasteiger partial charge in [-0.3, -0.25) is 14.2 Å². The number of pyridine rings is 1. The van der Waals surface area contributed by atoms with Crippen LogP contribution in [0.2, 0.25) is 0 Å². The fourth-order valence-corrected chi connectivity index (χ4v) is 5.35. The van der Waals surface area contributed by atoms with E-state index in [4.69, 9.17) is 9.47 Å². The number of carbonyl (C=O) groups is 1. The van der Waals surface area contributed by atoms with E-state index in [1.54, 1.807) is 18.2 Å². The van der Waals surface area contributed by atoms with Gasteiger partial charge in [-0.25, -0.2) is 0 Å². The van der Waals surface area contributed by atoms with E-state index in [0.717, 1.165) is 16.2 Å². The molecule has 0 saturated carbocycles. The number of methoxy groups -OCH3 is 2. The van der Waals surface area contributed by atoms with Crippen molar-refractivity contribution in [3.63, 3.8) is 0 Å². The second-order valence-electron chi connectivity index (χ2n) is 9.68. The summed E-state index contributed by atoms with van der Waals surface area (Å²) in [4.78, 5) is 27.0. The molecule has 0 aliphatic carbocycles. The molecule has 11 heteroatoms. The van der Waals surface area contributed by atoms with Gasteiger partial charge in [-0.15, -0.1) is 0 Å². The fourth-order valence-electron chi connectivity index (χ4n) is 5.35. The third kappa shape index (κ3) is 5.13. The highest BCUT2D eigenvalue weighted by atomic mass is 19.4. The van der Waals surface area contributed by atoms with Crippen LogP contribution >= 0.6 is 0 Å². The lowest BCUT2D eigenvalue weighted by atomic mass is 9.99. The number of benzene rings is 2. The van der Waals surface area contributed by atoms with E-state index in [2.05, 4.69) is 10.6 Å². The number of carbonyl (C=O) groups excluding carboxylic acids is 1. The van der Waals surface area contributed by atoms with Gasteiger partial charge in [0.15, 0.2) is 0 Å². The van der Waals surface area contributed by atoms with Crippen LogP contribution in [0.4, 0.5) is 24.5 Å². The van der Waals surface area contributed by atoms with Crippen molar-refractivity contribution in [2.45, 2.75) is 32.0 Å². The molecule has 206 valence electrons. The summed E-state index contributed by atoms with van der Waals surface area (Å²) in [6, 6.07) is 8.95. The molecule has 1 atom stereocenters. The van der Waals surface area contributed by atoms with Crippen LogP contribution < -0.4 is 30.6 Å². The molecule has 1 fully saturated rings. The minimum atomic E-state index is -4.69. The van der Waals surface area contributed by atoms with Crippen molar-refractivity contribution in [1.29, 1.82) is 0 Å². The molecule has 2 aromatic carbocycles. The molecule has 2 aliphatic rings. The highest BCUT2D eigenvalue weighted by Gasteiger charge is 2.36. The van der Waals surface area contributed by atoms with Crippen LogP contribution in [0.1, 0.15) is 24.5 Å². The first-order chi connectivity index (χ1) is 18.6. The zero-order valence-corrected chi connectivity index (χ0v) is 21.8. The number of rotatable bonds is 6. The van der Waals surface area contributed by atoms with Crippen molar-refractivity contribution in [3.05, 3.63) is 64.1 Å². The molecule has 0 bridgehead atoms. The van der Waals surface area contributed by atoms with Gasteiger partial charge in [0.1, 0.15) is 17.2 Å². The van der Waals surface area contributed by atoms with Crippen molar-refractivity contribution in [1.82, 2.24) is 9.88 Å². The molecule has 0 radical (unpaired) electrons. The molecule has 1 amide bonds. The second-order valence-corrected chi connectivity index (χ2v) is 9.68. The van der Waals surface area contributed by atoms with E-state index < -0.39 is 17.3 Å². The number of alkyl halides is 3. The highest BCUT2D eigenvalue weighted by Crippen LogP contribution is 2.39. The Morgan fingerprint density at radius 3 is 2.46 bits per heavy atom. The van der Waals surface area contributed by atoms with Crippen molar-refractivity contribution in [2.75, 3.05) is 44.1 Å². The SMILES string of the molecule is COc1cc(OC)cc(-c2cn(-c3cc(N4CCC(NC(C)=O)C4)ccc3C(F)(F)F)c(=O)c3c2CCN3)c1. The number of halogens is 3. The number of aromatic nitrogens is 1. The monoisotopic (exact) mass is 542 g/mol. The van der Waals surface area contributed by atoms with Gasteiger partial charge in [0.25, 0.3) is 5.56 Å². The topological polar surface area (TPSA) is 84.8 Å². The summed E-state index contributed by atoms with van der Waals surface area (Å²) in [5.41, 5.74) is 1.07. The number of hydrogen-bond donors (Lipinski definition) is 2. The van der Waals surface area contributed by atoms with Crippen LogP contribution in [0.3, 0.4) is 0 Å². The molecule has 2 N–H and O–H groups in total. The summed E-state index contributed by atoms with van der Waals surface area (Å²) in [5.74, 6) is 0.874. The Morgan fingerprint density at radius 2 is 1.82 bits per heavy atom. The molecule has 5 rings (SSSR count). The minimum Gasteiger partial charge on any atom is -0.497 e. The van der Waals surface area contributed by atoms with Crippen LogP contribution in [0.25, 0.3) is 16.8 Å². The predicted octanol–water partition coefficient (Wildman–Crippen LogP) is 4.22. The Hall–Kier alpha value is -4.15. The molecule has 8 nitrogen and oxygen atoms in total. The summed E-state index contributed by atoms with van der Waals surface area (Å²) in [5, 5.41) is 5.93. The molecule has 2 aliphatic heterocycles. The lowest BCUT2D eigenvalue weighted by molar-refractivity contribution is -0.137. The number of nitrogens with zero attached hydrogens (tertiary/aromatic N) is 2. The molecule has 3 heterocycles. The number of amides is 1. The summed E-state index contributed by atoms with van der Waals surface area (Å²) < 4.78 is 54.6. The van der Waals surface area contributed by atoms with Gasteiger partial charge < -0.3 is 25.0 Å². The Labute approximate surface area is 223 Å². The molecular formula is C28H29F3N4O4. The number of anilines is 2.